The Bertz CT molecular complexity index is 420. The highest BCUT2D eigenvalue weighted by atomic mass is 32.2. The molecule has 1 aromatic heterocycles. The molecule has 84 valence electrons. The molecule has 15 heavy (non-hydrogen) atoms. The van der Waals surface area contributed by atoms with Gasteiger partial charge in [0, 0.05) is 0 Å². The normalized spacial score (nSPS) is 13.7. The summed E-state index contributed by atoms with van der Waals surface area (Å²) in [6, 6.07) is 3.01. The number of aliphatic hydroxyl groups is 1. The van der Waals surface area contributed by atoms with Crippen LogP contribution in [0.4, 0.5) is 0 Å². The zero-order valence-electron chi connectivity index (χ0n) is 7.66. The highest BCUT2D eigenvalue weighted by molar-refractivity contribution is 7.93. The quantitative estimate of drug-likeness (QED) is 0.787. The van der Waals surface area contributed by atoms with Gasteiger partial charge in [-0.3, -0.25) is 4.79 Å². The number of carbonyl (C=O) groups is 1. The van der Waals surface area contributed by atoms with Gasteiger partial charge >= 0.3 is 5.97 Å². The molecule has 1 rings (SSSR count). The fourth-order valence-electron chi connectivity index (χ4n) is 1.04. The molecule has 0 aliphatic rings. The maximum absolute atomic E-state index is 11.5. The first-order valence-electron chi connectivity index (χ1n) is 4.08. The molecular weight excluding hydrogens is 240 g/mol. The molecule has 0 aliphatic heterocycles. The van der Waals surface area contributed by atoms with Gasteiger partial charge in [0.05, 0.1) is 18.3 Å². The van der Waals surface area contributed by atoms with Crippen molar-refractivity contribution in [3.63, 3.8) is 0 Å². The van der Waals surface area contributed by atoms with Crippen LogP contribution in [0.5, 0.6) is 0 Å². The third kappa shape index (κ3) is 3.61. The van der Waals surface area contributed by atoms with E-state index in [1.54, 1.807) is 11.4 Å². The molecule has 2 N–H and O–H groups in total. The summed E-state index contributed by atoms with van der Waals surface area (Å²) in [7, 11) is -3.56. The maximum atomic E-state index is 11.5. The number of carboxylic acid groups (broad SMARTS) is 1. The fourth-order valence-corrected chi connectivity index (χ4v) is 3.52. The Morgan fingerprint density at radius 1 is 1.53 bits per heavy atom. The Morgan fingerprint density at radius 2 is 2.20 bits per heavy atom. The SMILES string of the molecule is O=C(O)CC(O)CS(=O)(=O)c1cccs1. The first-order valence-corrected chi connectivity index (χ1v) is 6.61. The summed E-state index contributed by atoms with van der Waals surface area (Å²) in [5.41, 5.74) is 0. The predicted molar refractivity (Wildman–Crippen MR) is 54.6 cm³/mol. The van der Waals surface area contributed by atoms with Crippen LogP contribution in [0.3, 0.4) is 0 Å². The lowest BCUT2D eigenvalue weighted by Crippen LogP contribution is -2.23. The molecule has 5 nitrogen and oxygen atoms in total. The van der Waals surface area contributed by atoms with E-state index in [1.807, 2.05) is 0 Å². The second kappa shape index (κ2) is 4.73. The highest BCUT2D eigenvalue weighted by Gasteiger charge is 2.22. The molecule has 1 heterocycles. The van der Waals surface area contributed by atoms with Crippen molar-refractivity contribution in [2.45, 2.75) is 16.7 Å². The van der Waals surface area contributed by atoms with Crippen LogP contribution in [-0.2, 0) is 14.6 Å². The van der Waals surface area contributed by atoms with E-state index in [9.17, 15) is 18.3 Å². The van der Waals surface area contributed by atoms with Crippen LogP contribution in [0.2, 0.25) is 0 Å². The molecule has 1 atom stereocenters. The Kier molecular flexibility index (Phi) is 3.83. The van der Waals surface area contributed by atoms with Gasteiger partial charge in [0.15, 0.2) is 9.84 Å². The van der Waals surface area contributed by atoms with Crippen molar-refractivity contribution >= 4 is 27.1 Å². The second-order valence-corrected chi connectivity index (χ2v) is 6.17. The van der Waals surface area contributed by atoms with Crippen molar-refractivity contribution < 1.29 is 23.4 Å². The van der Waals surface area contributed by atoms with E-state index >= 15 is 0 Å². The largest absolute Gasteiger partial charge is 0.481 e. The third-order valence-corrected chi connectivity index (χ3v) is 4.91. The van der Waals surface area contributed by atoms with Crippen LogP contribution in [0, 0.1) is 0 Å². The Hall–Kier alpha value is -0.920. The molecule has 7 heteroatoms. The smallest absolute Gasteiger partial charge is 0.306 e. The lowest BCUT2D eigenvalue weighted by Gasteiger charge is -2.07. The summed E-state index contributed by atoms with van der Waals surface area (Å²) in [5.74, 6) is -1.77. The van der Waals surface area contributed by atoms with Crippen molar-refractivity contribution in [2.24, 2.45) is 0 Å². The molecule has 0 saturated carbocycles. The van der Waals surface area contributed by atoms with Crippen molar-refractivity contribution in [3.05, 3.63) is 17.5 Å². The Morgan fingerprint density at radius 3 is 2.67 bits per heavy atom. The van der Waals surface area contributed by atoms with Gasteiger partial charge in [0.25, 0.3) is 0 Å². The summed E-state index contributed by atoms with van der Waals surface area (Å²) >= 11 is 1.04. The van der Waals surface area contributed by atoms with Gasteiger partial charge in [-0.1, -0.05) is 6.07 Å². The molecule has 0 aromatic carbocycles. The van der Waals surface area contributed by atoms with Gasteiger partial charge in [-0.05, 0) is 11.4 Å². The minimum absolute atomic E-state index is 0.145. The molecular formula is C8H10O5S2. The lowest BCUT2D eigenvalue weighted by molar-refractivity contribution is -0.138. The highest BCUT2D eigenvalue weighted by Crippen LogP contribution is 2.18. The fraction of sp³-hybridized carbons (Fsp3) is 0.375. The molecule has 0 radical (unpaired) electrons. The molecule has 1 aromatic rings. The van der Waals surface area contributed by atoms with Crippen molar-refractivity contribution in [3.8, 4) is 0 Å². The number of aliphatic carboxylic acids is 1. The molecule has 1 unspecified atom stereocenters. The zero-order chi connectivity index (χ0) is 11.5. The number of thiophene rings is 1. The van der Waals surface area contributed by atoms with E-state index in [0.29, 0.717) is 0 Å². The average molecular weight is 250 g/mol. The van der Waals surface area contributed by atoms with Gasteiger partial charge in [0.2, 0.25) is 0 Å². The Balaban J connectivity index is 2.69. The summed E-state index contributed by atoms with van der Waals surface area (Å²) in [6.07, 6.45) is -1.93. The first-order chi connectivity index (χ1) is 6.92. The number of hydrogen-bond acceptors (Lipinski definition) is 5. The zero-order valence-corrected chi connectivity index (χ0v) is 9.29. The first kappa shape index (κ1) is 12.2. The van der Waals surface area contributed by atoms with Crippen LogP contribution in [0.1, 0.15) is 6.42 Å². The predicted octanol–water partition coefficient (Wildman–Crippen LogP) is 0.357. The van der Waals surface area contributed by atoms with E-state index in [0.717, 1.165) is 11.3 Å². The Labute approximate surface area is 90.9 Å². The van der Waals surface area contributed by atoms with Crippen LogP contribution in [0.15, 0.2) is 21.7 Å². The van der Waals surface area contributed by atoms with Crippen molar-refractivity contribution in [1.82, 2.24) is 0 Å². The molecule has 0 saturated heterocycles. The minimum atomic E-state index is -3.56. The number of carboxylic acids is 1. The summed E-state index contributed by atoms with van der Waals surface area (Å²) in [4.78, 5) is 10.2. The van der Waals surface area contributed by atoms with Gasteiger partial charge in [-0.25, -0.2) is 8.42 Å². The van der Waals surface area contributed by atoms with Crippen molar-refractivity contribution in [2.75, 3.05) is 5.75 Å². The van der Waals surface area contributed by atoms with Gasteiger partial charge < -0.3 is 10.2 Å². The molecule has 0 bridgehead atoms. The summed E-state index contributed by atoms with van der Waals surface area (Å²) < 4.78 is 23.2. The molecule has 0 amide bonds. The van der Waals surface area contributed by atoms with Crippen LogP contribution in [-0.4, -0.2) is 36.5 Å². The van der Waals surface area contributed by atoms with Crippen molar-refractivity contribution in [1.29, 1.82) is 0 Å². The number of hydrogen-bond donors (Lipinski definition) is 2. The van der Waals surface area contributed by atoms with E-state index in [1.165, 1.54) is 6.07 Å². The number of rotatable bonds is 5. The van der Waals surface area contributed by atoms with E-state index in [-0.39, 0.29) is 4.21 Å². The maximum Gasteiger partial charge on any atom is 0.306 e. The number of sulfone groups is 1. The van der Waals surface area contributed by atoms with Gasteiger partial charge in [-0.2, -0.15) is 0 Å². The molecule has 0 spiro atoms. The average Bonchev–Trinajstić information content (AvgIpc) is 2.51. The van der Waals surface area contributed by atoms with E-state index in [4.69, 9.17) is 5.11 Å². The van der Waals surface area contributed by atoms with Crippen LogP contribution >= 0.6 is 11.3 Å². The van der Waals surface area contributed by atoms with E-state index < -0.39 is 34.1 Å². The lowest BCUT2D eigenvalue weighted by atomic mass is 10.3. The van der Waals surface area contributed by atoms with Gasteiger partial charge in [-0.15, -0.1) is 11.3 Å². The minimum Gasteiger partial charge on any atom is -0.481 e. The van der Waals surface area contributed by atoms with Crippen LogP contribution in [0.25, 0.3) is 0 Å². The third-order valence-electron chi connectivity index (χ3n) is 1.62. The summed E-state index contributed by atoms with van der Waals surface area (Å²) in [6.45, 7) is 0. The standard InChI is InChI=1S/C8H10O5S2/c9-6(4-7(10)11)5-15(12,13)8-2-1-3-14-8/h1-3,6,9H,4-5H2,(H,10,11). The topological polar surface area (TPSA) is 91.7 Å². The summed E-state index contributed by atoms with van der Waals surface area (Å²) in [5, 5.41) is 19.2. The second-order valence-electron chi connectivity index (χ2n) is 2.97. The van der Waals surface area contributed by atoms with E-state index in [2.05, 4.69) is 0 Å². The van der Waals surface area contributed by atoms with Crippen LogP contribution < -0.4 is 0 Å². The number of aliphatic hydroxyl groups excluding tert-OH is 1. The van der Waals surface area contributed by atoms with Gasteiger partial charge in [0.1, 0.15) is 4.21 Å². The molecule has 0 aliphatic carbocycles. The monoisotopic (exact) mass is 250 g/mol. The molecule has 0 fully saturated rings.